The Labute approximate surface area is 79.8 Å². The van der Waals surface area contributed by atoms with Crippen molar-refractivity contribution in [3.05, 3.63) is 36.4 Å². The lowest BCUT2D eigenvalue weighted by molar-refractivity contribution is 0.361. The minimum atomic E-state index is 0.428. The van der Waals surface area contributed by atoms with E-state index in [0.717, 1.165) is 17.8 Å². The zero-order valence-electron chi connectivity index (χ0n) is 8.33. The third kappa shape index (κ3) is 2.17. The van der Waals surface area contributed by atoms with Crippen molar-refractivity contribution in [2.45, 2.75) is 6.92 Å². The summed E-state index contributed by atoms with van der Waals surface area (Å²) in [5.41, 5.74) is 2.24. The van der Waals surface area contributed by atoms with Gasteiger partial charge in [-0.1, -0.05) is 12.7 Å². The minimum Gasteiger partial charge on any atom is -0.219 e. The summed E-state index contributed by atoms with van der Waals surface area (Å²) in [5, 5.41) is 0. The quantitative estimate of drug-likeness (QED) is 0.427. The molecular weight excluding hydrogens is 160 g/mol. The Bertz CT molecular complexity index is 285. The fourth-order valence-corrected chi connectivity index (χ4v) is 1.13. The molecule has 0 aliphatic heterocycles. The second-order valence-corrected chi connectivity index (χ2v) is 3.38. The van der Waals surface area contributed by atoms with E-state index in [9.17, 15) is 0 Å². The average Bonchev–Trinajstić information content (AvgIpc) is 2.18. The molecule has 2 heteroatoms. The largest absolute Gasteiger partial charge is 0.219 e. The maximum Gasteiger partial charge on any atom is 0.151 e. The summed E-state index contributed by atoms with van der Waals surface area (Å²) in [7, 11) is 1.99. The fourth-order valence-electron chi connectivity index (χ4n) is 1.13. The van der Waals surface area contributed by atoms with Crippen LogP contribution in [0.1, 0.15) is 12.5 Å². The number of nitrogens with two attached hydrogens (primary N) is 1. The molecule has 1 aromatic rings. The van der Waals surface area contributed by atoms with Crippen molar-refractivity contribution in [2.75, 3.05) is 13.6 Å². The number of nitrogens with zero attached hydrogens (tertiary/aromatic N) is 1. The Kier molecular flexibility index (Phi) is 2.86. The molecule has 1 rings (SSSR count). The van der Waals surface area contributed by atoms with E-state index in [1.807, 2.05) is 37.4 Å². The molecular formula is C11H17N2+. The predicted octanol–water partition coefficient (Wildman–Crippen LogP) is 2.16. The van der Waals surface area contributed by atoms with Gasteiger partial charge in [0.25, 0.3) is 0 Å². The van der Waals surface area contributed by atoms with Crippen LogP contribution in [0.5, 0.6) is 0 Å². The number of quaternary nitrogens is 1. The normalized spacial score (nSPS) is 15.0. The van der Waals surface area contributed by atoms with Crippen molar-refractivity contribution in [3.63, 3.8) is 0 Å². The molecule has 1 atom stereocenters. The molecule has 2 N–H and O–H groups in total. The van der Waals surface area contributed by atoms with E-state index in [0.29, 0.717) is 4.59 Å². The van der Waals surface area contributed by atoms with Crippen molar-refractivity contribution < 1.29 is 0 Å². The van der Waals surface area contributed by atoms with Gasteiger partial charge in [-0.25, -0.2) is 4.59 Å². The van der Waals surface area contributed by atoms with Crippen LogP contribution < -0.4 is 10.4 Å². The molecule has 0 heterocycles. The van der Waals surface area contributed by atoms with E-state index in [4.69, 9.17) is 5.84 Å². The van der Waals surface area contributed by atoms with Gasteiger partial charge < -0.3 is 0 Å². The van der Waals surface area contributed by atoms with Crippen molar-refractivity contribution in [2.24, 2.45) is 5.84 Å². The van der Waals surface area contributed by atoms with E-state index in [1.165, 1.54) is 0 Å². The van der Waals surface area contributed by atoms with Crippen LogP contribution in [0.4, 0.5) is 5.69 Å². The number of hydrogen-bond donors (Lipinski definition) is 1. The standard InChI is InChI=1S/C11H17N2/c1-4-10-6-8-11(9-7-10)13(3,12)5-2/h4,6-9H,1,5,12H2,2-3H3/q+1/t13-/m0/s1. The highest BCUT2D eigenvalue weighted by molar-refractivity contribution is 5.52. The summed E-state index contributed by atoms with van der Waals surface area (Å²) in [4.78, 5) is 0. The lowest BCUT2D eigenvalue weighted by Gasteiger charge is -2.25. The Balaban J connectivity index is 2.98. The first kappa shape index (κ1) is 9.96. The highest BCUT2D eigenvalue weighted by Crippen LogP contribution is 2.17. The van der Waals surface area contributed by atoms with Gasteiger partial charge >= 0.3 is 0 Å². The molecule has 0 amide bonds. The van der Waals surface area contributed by atoms with Gasteiger partial charge in [-0.05, 0) is 24.6 Å². The fraction of sp³-hybridized carbons (Fsp3) is 0.273. The Morgan fingerprint density at radius 2 is 1.92 bits per heavy atom. The van der Waals surface area contributed by atoms with E-state index >= 15 is 0 Å². The van der Waals surface area contributed by atoms with Gasteiger partial charge in [0, 0.05) is 12.1 Å². The SMILES string of the molecule is C=Cc1ccc([N@@+](C)(N)CC)cc1. The van der Waals surface area contributed by atoms with Gasteiger partial charge in [0.2, 0.25) is 0 Å². The molecule has 0 saturated heterocycles. The lowest BCUT2D eigenvalue weighted by atomic mass is 10.2. The predicted molar refractivity (Wildman–Crippen MR) is 59.0 cm³/mol. The van der Waals surface area contributed by atoms with Crippen LogP contribution in [0, 0.1) is 0 Å². The van der Waals surface area contributed by atoms with Crippen LogP contribution in [0.15, 0.2) is 30.8 Å². The monoisotopic (exact) mass is 177 g/mol. The van der Waals surface area contributed by atoms with E-state index in [1.54, 1.807) is 0 Å². The van der Waals surface area contributed by atoms with Gasteiger partial charge in [0.05, 0.1) is 13.6 Å². The molecule has 13 heavy (non-hydrogen) atoms. The zero-order chi connectivity index (χ0) is 9.90. The first-order chi connectivity index (χ1) is 6.10. The topological polar surface area (TPSA) is 26.0 Å². The van der Waals surface area contributed by atoms with Gasteiger partial charge in [-0.15, -0.1) is 0 Å². The van der Waals surface area contributed by atoms with E-state index in [-0.39, 0.29) is 0 Å². The van der Waals surface area contributed by atoms with Crippen molar-refractivity contribution in [1.29, 1.82) is 0 Å². The first-order valence-electron chi connectivity index (χ1n) is 4.47. The van der Waals surface area contributed by atoms with Crippen LogP contribution in [-0.2, 0) is 0 Å². The first-order valence-corrected chi connectivity index (χ1v) is 4.47. The highest BCUT2D eigenvalue weighted by atomic mass is 15.6. The Morgan fingerprint density at radius 1 is 1.38 bits per heavy atom. The molecule has 0 fully saturated rings. The number of rotatable bonds is 3. The second kappa shape index (κ2) is 3.73. The van der Waals surface area contributed by atoms with Crippen LogP contribution in [0.3, 0.4) is 0 Å². The number of hydrogen-bond acceptors (Lipinski definition) is 1. The summed E-state index contributed by atoms with van der Waals surface area (Å²) in [6.07, 6.45) is 1.83. The van der Waals surface area contributed by atoms with Crippen molar-refractivity contribution in [3.8, 4) is 0 Å². The van der Waals surface area contributed by atoms with Gasteiger partial charge in [0.15, 0.2) is 5.69 Å². The van der Waals surface area contributed by atoms with Gasteiger partial charge in [0.1, 0.15) is 0 Å². The second-order valence-electron chi connectivity index (χ2n) is 3.38. The van der Waals surface area contributed by atoms with E-state index in [2.05, 4.69) is 13.5 Å². The molecule has 70 valence electrons. The van der Waals surface area contributed by atoms with Crippen molar-refractivity contribution in [1.82, 2.24) is 4.59 Å². The summed E-state index contributed by atoms with van der Waals surface area (Å²) in [5.74, 6) is 6.04. The molecule has 1 aromatic carbocycles. The number of benzene rings is 1. The highest BCUT2D eigenvalue weighted by Gasteiger charge is 2.16. The molecule has 0 bridgehead atoms. The van der Waals surface area contributed by atoms with Crippen molar-refractivity contribution >= 4 is 11.8 Å². The van der Waals surface area contributed by atoms with Crippen LogP contribution in [-0.4, -0.2) is 13.6 Å². The van der Waals surface area contributed by atoms with Crippen LogP contribution in [0.2, 0.25) is 0 Å². The smallest absolute Gasteiger partial charge is 0.151 e. The van der Waals surface area contributed by atoms with Gasteiger partial charge in [-0.2, -0.15) is 5.84 Å². The summed E-state index contributed by atoms with van der Waals surface area (Å²) in [6, 6.07) is 8.14. The molecule has 0 aliphatic carbocycles. The third-order valence-corrected chi connectivity index (χ3v) is 2.38. The summed E-state index contributed by atoms with van der Waals surface area (Å²) < 4.78 is 0.428. The summed E-state index contributed by atoms with van der Waals surface area (Å²) >= 11 is 0. The van der Waals surface area contributed by atoms with Crippen LogP contribution >= 0.6 is 0 Å². The maximum absolute atomic E-state index is 6.04. The lowest BCUT2D eigenvalue weighted by Crippen LogP contribution is -2.51. The maximum atomic E-state index is 6.04. The molecule has 0 aromatic heterocycles. The summed E-state index contributed by atoms with van der Waals surface area (Å²) in [6.45, 7) is 6.66. The van der Waals surface area contributed by atoms with E-state index < -0.39 is 0 Å². The Morgan fingerprint density at radius 3 is 2.31 bits per heavy atom. The molecule has 0 saturated carbocycles. The molecule has 0 unspecified atom stereocenters. The Hall–Kier alpha value is -1.12. The molecule has 0 spiro atoms. The van der Waals surface area contributed by atoms with Crippen LogP contribution in [0.25, 0.3) is 6.08 Å². The average molecular weight is 177 g/mol. The molecule has 0 radical (unpaired) electrons. The molecule has 2 nitrogen and oxygen atoms in total. The van der Waals surface area contributed by atoms with Gasteiger partial charge in [-0.3, -0.25) is 0 Å². The minimum absolute atomic E-state index is 0.428. The molecule has 0 aliphatic rings. The third-order valence-electron chi connectivity index (χ3n) is 2.38. The zero-order valence-corrected chi connectivity index (χ0v) is 8.33.